The number of nitrogens with two attached hydrogens (primary N) is 1. The molecule has 4 heteroatoms. The Bertz CT molecular complexity index is 232. The molecule has 0 saturated heterocycles. The Morgan fingerprint density at radius 3 is 2.17 bits per heavy atom. The number of hydrogen-bond donors (Lipinski definition) is 2. The molecule has 0 spiro atoms. The van der Waals surface area contributed by atoms with E-state index in [2.05, 4.69) is 6.92 Å². The molecular weight excluding hydrogens is 246 g/mol. The van der Waals surface area contributed by atoms with Crippen LogP contribution >= 0.6 is 11.8 Å². The summed E-state index contributed by atoms with van der Waals surface area (Å²) in [6.45, 7) is 6.06. The van der Waals surface area contributed by atoms with E-state index < -0.39 is 12.0 Å². The van der Waals surface area contributed by atoms with Crippen molar-refractivity contribution in [3.8, 4) is 0 Å². The second kappa shape index (κ2) is 9.68. The number of rotatable bonds is 11. The van der Waals surface area contributed by atoms with Crippen molar-refractivity contribution in [2.75, 3.05) is 5.75 Å². The molecule has 0 saturated carbocycles. The third-order valence-corrected chi connectivity index (χ3v) is 4.73. The van der Waals surface area contributed by atoms with Gasteiger partial charge in [-0.3, -0.25) is 4.79 Å². The fraction of sp³-hybridized carbons (Fsp3) is 0.929. The molecule has 0 aromatic carbocycles. The first-order chi connectivity index (χ1) is 8.41. The van der Waals surface area contributed by atoms with Gasteiger partial charge in [0.05, 0.1) is 0 Å². The van der Waals surface area contributed by atoms with E-state index in [1.54, 1.807) is 11.8 Å². The van der Waals surface area contributed by atoms with Crippen LogP contribution < -0.4 is 5.73 Å². The maximum absolute atomic E-state index is 10.8. The number of carbonyl (C=O) groups is 1. The number of carboxylic acid groups (broad SMARTS) is 1. The molecule has 1 atom stereocenters. The number of carboxylic acids is 1. The molecule has 0 fully saturated rings. The van der Waals surface area contributed by atoms with Crippen molar-refractivity contribution in [2.45, 2.75) is 76.5 Å². The summed E-state index contributed by atoms with van der Waals surface area (Å²) in [6.07, 6.45) is 9.01. The average Bonchev–Trinajstić information content (AvgIpc) is 2.31. The zero-order valence-electron chi connectivity index (χ0n) is 12.1. The van der Waals surface area contributed by atoms with Gasteiger partial charge in [0.15, 0.2) is 0 Å². The van der Waals surface area contributed by atoms with Crippen molar-refractivity contribution < 1.29 is 9.90 Å². The number of aliphatic carboxylic acids is 1. The van der Waals surface area contributed by atoms with Crippen LogP contribution in [0.1, 0.15) is 65.7 Å². The molecule has 0 radical (unpaired) electrons. The van der Waals surface area contributed by atoms with Crippen LogP contribution in [0.25, 0.3) is 0 Å². The fourth-order valence-corrected chi connectivity index (χ4v) is 2.94. The van der Waals surface area contributed by atoms with Gasteiger partial charge in [-0.05, 0) is 26.0 Å². The smallest absolute Gasteiger partial charge is 0.321 e. The van der Waals surface area contributed by atoms with E-state index in [1.807, 2.05) is 13.8 Å². The summed E-state index contributed by atoms with van der Waals surface area (Å²) >= 11 is 1.68. The summed E-state index contributed by atoms with van der Waals surface area (Å²) in [6, 6.07) is -0.785. The van der Waals surface area contributed by atoms with Gasteiger partial charge in [0.25, 0.3) is 0 Å². The Hall–Kier alpha value is -0.220. The molecule has 0 unspecified atom stereocenters. The predicted octanol–water partition coefficient (Wildman–Crippen LogP) is 3.66. The molecule has 0 aromatic heterocycles. The molecule has 0 heterocycles. The maximum atomic E-state index is 10.8. The van der Waals surface area contributed by atoms with Gasteiger partial charge in [-0.2, -0.15) is 11.8 Å². The van der Waals surface area contributed by atoms with Crippen LogP contribution in [0.4, 0.5) is 0 Å². The lowest BCUT2D eigenvalue weighted by atomic mass is 10.1. The highest BCUT2D eigenvalue weighted by Gasteiger charge is 2.32. The first kappa shape index (κ1) is 17.8. The number of thioether (sulfide) groups is 1. The zero-order valence-corrected chi connectivity index (χ0v) is 12.9. The summed E-state index contributed by atoms with van der Waals surface area (Å²) < 4.78 is -0.381. The van der Waals surface area contributed by atoms with Crippen molar-refractivity contribution >= 4 is 17.7 Å². The van der Waals surface area contributed by atoms with Crippen LogP contribution in [-0.2, 0) is 4.79 Å². The molecule has 3 nitrogen and oxygen atoms in total. The molecule has 0 bridgehead atoms. The highest BCUT2D eigenvalue weighted by molar-refractivity contribution is 8.00. The van der Waals surface area contributed by atoms with Gasteiger partial charge < -0.3 is 10.8 Å². The van der Waals surface area contributed by atoms with E-state index in [4.69, 9.17) is 10.8 Å². The molecule has 0 amide bonds. The Labute approximate surface area is 116 Å². The molecule has 3 N–H and O–H groups in total. The molecule has 108 valence electrons. The van der Waals surface area contributed by atoms with E-state index in [0.717, 1.165) is 12.2 Å². The summed E-state index contributed by atoms with van der Waals surface area (Å²) in [5.41, 5.74) is 5.67. The minimum atomic E-state index is -0.910. The summed E-state index contributed by atoms with van der Waals surface area (Å²) in [5.74, 6) is 0.0916. The molecule has 0 aliphatic carbocycles. The SMILES string of the molecule is CCCCCCCCCSC(C)(C)[C@H](N)C(=O)O. The summed E-state index contributed by atoms with van der Waals surface area (Å²) in [4.78, 5) is 10.8. The highest BCUT2D eigenvalue weighted by Crippen LogP contribution is 2.28. The standard InChI is InChI=1S/C14H29NO2S/c1-4-5-6-7-8-9-10-11-18-14(2,3)12(15)13(16)17/h12H,4-11,15H2,1-3H3,(H,16,17)/t12-/m1/s1. The van der Waals surface area contributed by atoms with Gasteiger partial charge in [0.1, 0.15) is 6.04 Å². The third kappa shape index (κ3) is 7.98. The third-order valence-electron chi connectivity index (χ3n) is 3.24. The van der Waals surface area contributed by atoms with E-state index in [0.29, 0.717) is 0 Å². The monoisotopic (exact) mass is 275 g/mol. The molecule has 0 aliphatic rings. The van der Waals surface area contributed by atoms with Gasteiger partial charge in [-0.25, -0.2) is 0 Å². The van der Waals surface area contributed by atoms with Crippen LogP contribution in [-0.4, -0.2) is 27.6 Å². The summed E-state index contributed by atoms with van der Waals surface area (Å²) in [7, 11) is 0. The van der Waals surface area contributed by atoms with E-state index >= 15 is 0 Å². The molecule has 0 aliphatic heterocycles. The second-order valence-electron chi connectivity index (χ2n) is 5.39. The number of hydrogen-bond acceptors (Lipinski definition) is 3. The lowest BCUT2D eigenvalue weighted by molar-refractivity contribution is -0.139. The lowest BCUT2D eigenvalue weighted by Crippen LogP contribution is -2.46. The normalized spacial score (nSPS) is 13.6. The second-order valence-corrected chi connectivity index (χ2v) is 7.14. The van der Waals surface area contributed by atoms with Crippen LogP contribution in [0.15, 0.2) is 0 Å². The zero-order chi connectivity index (χ0) is 14.0. The maximum Gasteiger partial charge on any atom is 0.321 e. The molecule has 0 rings (SSSR count). The van der Waals surface area contributed by atoms with Crippen LogP contribution in [0.5, 0.6) is 0 Å². The molecule has 0 aromatic rings. The molecule has 18 heavy (non-hydrogen) atoms. The first-order valence-electron chi connectivity index (χ1n) is 7.04. The van der Waals surface area contributed by atoms with Crippen molar-refractivity contribution in [1.29, 1.82) is 0 Å². The highest BCUT2D eigenvalue weighted by atomic mass is 32.2. The van der Waals surface area contributed by atoms with Crippen molar-refractivity contribution in [3.63, 3.8) is 0 Å². The van der Waals surface area contributed by atoms with Crippen LogP contribution in [0, 0.1) is 0 Å². The van der Waals surface area contributed by atoms with Gasteiger partial charge in [-0.1, -0.05) is 45.4 Å². The quantitative estimate of drug-likeness (QED) is 0.565. The van der Waals surface area contributed by atoms with E-state index in [1.165, 1.54) is 38.5 Å². The van der Waals surface area contributed by atoms with Crippen molar-refractivity contribution in [2.24, 2.45) is 5.73 Å². The Balaban J connectivity index is 3.56. The van der Waals surface area contributed by atoms with Crippen LogP contribution in [0.3, 0.4) is 0 Å². The van der Waals surface area contributed by atoms with Gasteiger partial charge >= 0.3 is 5.97 Å². The minimum absolute atomic E-state index is 0.381. The molecular formula is C14H29NO2S. The summed E-state index contributed by atoms with van der Waals surface area (Å²) in [5, 5.41) is 8.90. The van der Waals surface area contributed by atoms with Gasteiger partial charge in [0.2, 0.25) is 0 Å². The lowest BCUT2D eigenvalue weighted by Gasteiger charge is -2.27. The van der Waals surface area contributed by atoms with Gasteiger partial charge in [0, 0.05) is 4.75 Å². The average molecular weight is 275 g/mol. The topological polar surface area (TPSA) is 63.3 Å². The minimum Gasteiger partial charge on any atom is -0.480 e. The first-order valence-corrected chi connectivity index (χ1v) is 8.02. The Morgan fingerprint density at radius 2 is 1.67 bits per heavy atom. The largest absolute Gasteiger partial charge is 0.480 e. The van der Waals surface area contributed by atoms with Crippen LogP contribution in [0.2, 0.25) is 0 Å². The Kier molecular flexibility index (Phi) is 9.56. The Morgan fingerprint density at radius 1 is 1.17 bits per heavy atom. The van der Waals surface area contributed by atoms with Gasteiger partial charge in [-0.15, -0.1) is 0 Å². The van der Waals surface area contributed by atoms with E-state index in [-0.39, 0.29) is 4.75 Å². The predicted molar refractivity (Wildman–Crippen MR) is 80.1 cm³/mol. The fourth-order valence-electron chi connectivity index (χ4n) is 1.78. The van der Waals surface area contributed by atoms with Crippen molar-refractivity contribution in [1.82, 2.24) is 0 Å². The number of unbranched alkanes of at least 4 members (excludes halogenated alkanes) is 6. The van der Waals surface area contributed by atoms with Crippen molar-refractivity contribution in [3.05, 3.63) is 0 Å². The van der Waals surface area contributed by atoms with E-state index in [9.17, 15) is 4.79 Å².